The molecule has 1 saturated carbocycles. The van der Waals surface area contributed by atoms with E-state index in [-0.39, 0.29) is 5.91 Å². The van der Waals surface area contributed by atoms with E-state index in [1.54, 1.807) is 0 Å². The Kier molecular flexibility index (Phi) is 6.07. The van der Waals surface area contributed by atoms with Gasteiger partial charge in [-0.25, -0.2) is 4.68 Å². The quantitative estimate of drug-likeness (QED) is 0.326. The Morgan fingerprint density at radius 3 is 2.12 bits per heavy atom. The van der Waals surface area contributed by atoms with Crippen molar-refractivity contribution < 1.29 is 4.79 Å². The fraction of sp³-hybridized carbons (Fsp3) is 0.241. The highest BCUT2D eigenvalue weighted by atomic mass is 16.2. The maximum absolute atomic E-state index is 14.2. The first-order chi connectivity index (χ1) is 16.3. The van der Waals surface area contributed by atoms with Crippen molar-refractivity contribution in [2.24, 2.45) is 0 Å². The smallest absolute Gasteiger partial charge is 0.258 e. The number of benzene rings is 3. The van der Waals surface area contributed by atoms with Crippen LogP contribution in [0.5, 0.6) is 0 Å². The highest BCUT2D eigenvalue weighted by molar-refractivity contribution is 6.01. The van der Waals surface area contributed by atoms with E-state index in [0.29, 0.717) is 12.6 Å². The van der Waals surface area contributed by atoms with Gasteiger partial charge in [0.1, 0.15) is 5.69 Å². The lowest BCUT2D eigenvalue weighted by molar-refractivity contribution is 0.0729. The highest BCUT2D eigenvalue weighted by Gasteiger charge is 2.36. The summed E-state index contributed by atoms with van der Waals surface area (Å²) in [5.74, 6) is 0.0887. The molecule has 4 nitrogen and oxygen atoms in total. The summed E-state index contributed by atoms with van der Waals surface area (Å²) in [6, 6.07) is 30.8. The molecule has 166 valence electrons. The van der Waals surface area contributed by atoms with Crippen molar-refractivity contribution in [3.63, 3.8) is 0 Å². The van der Waals surface area contributed by atoms with Gasteiger partial charge < -0.3 is 4.90 Å². The first-order valence-electron chi connectivity index (χ1n) is 11.8. The van der Waals surface area contributed by atoms with Crippen molar-refractivity contribution in [3.05, 3.63) is 108 Å². The van der Waals surface area contributed by atoms with Crippen LogP contribution in [-0.2, 0) is 13.0 Å². The van der Waals surface area contributed by atoms with Gasteiger partial charge in [0.2, 0.25) is 0 Å². The van der Waals surface area contributed by atoms with E-state index in [1.165, 1.54) is 0 Å². The van der Waals surface area contributed by atoms with Crippen molar-refractivity contribution in [1.29, 1.82) is 0 Å². The van der Waals surface area contributed by atoms with Gasteiger partial charge >= 0.3 is 0 Å². The monoisotopic (exact) mass is 435 g/mol. The summed E-state index contributed by atoms with van der Waals surface area (Å²) in [5.41, 5.74) is 5.63. The van der Waals surface area contributed by atoms with Gasteiger partial charge in [-0.05, 0) is 37.0 Å². The SMILES string of the molecule is CCCc1c(C(=O)N(Cc2ccccc2)C2CC2)c(-c2ccccc2)nn1-c1ccccc1. The average molecular weight is 436 g/mol. The summed E-state index contributed by atoms with van der Waals surface area (Å²) >= 11 is 0. The Bertz CT molecular complexity index is 1210. The molecule has 3 aromatic carbocycles. The fourth-order valence-corrected chi connectivity index (χ4v) is 4.40. The minimum atomic E-state index is 0.0887. The molecular weight excluding hydrogens is 406 g/mol. The second-order valence-corrected chi connectivity index (χ2v) is 8.68. The van der Waals surface area contributed by atoms with Gasteiger partial charge in [-0.15, -0.1) is 0 Å². The zero-order valence-electron chi connectivity index (χ0n) is 19.0. The number of rotatable bonds is 8. The normalized spacial score (nSPS) is 13.1. The molecule has 0 atom stereocenters. The van der Waals surface area contributed by atoms with Crippen LogP contribution in [0.15, 0.2) is 91.0 Å². The maximum Gasteiger partial charge on any atom is 0.258 e. The molecule has 0 N–H and O–H groups in total. The summed E-state index contributed by atoms with van der Waals surface area (Å²) in [7, 11) is 0. The standard InChI is InChI=1S/C29H29N3O/c1-2-12-26-27(29(33)31(24-19-20-24)21-22-13-6-3-7-14-22)28(23-15-8-4-9-16-23)30-32(26)25-17-10-5-11-18-25/h3-11,13-18,24H,2,12,19-21H2,1H3. The first-order valence-corrected chi connectivity index (χ1v) is 11.8. The number of para-hydroxylation sites is 1. The maximum atomic E-state index is 14.2. The molecule has 1 aromatic heterocycles. The van der Waals surface area contributed by atoms with E-state index in [2.05, 4.69) is 36.1 Å². The van der Waals surface area contributed by atoms with Gasteiger partial charge in [-0.3, -0.25) is 4.79 Å². The van der Waals surface area contributed by atoms with Crippen molar-refractivity contribution in [2.75, 3.05) is 0 Å². The second-order valence-electron chi connectivity index (χ2n) is 8.68. The molecule has 4 heteroatoms. The second kappa shape index (κ2) is 9.45. The van der Waals surface area contributed by atoms with E-state index < -0.39 is 0 Å². The molecule has 0 radical (unpaired) electrons. The van der Waals surface area contributed by atoms with Crippen LogP contribution in [-0.4, -0.2) is 26.6 Å². The molecule has 0 unspecified atom stereocenters. The molecule has 0 spiro atoms. The average Bonchev–Trinajstić information content (AvgIpc) is 3.65. The van der Waals surface area contributed by atoms with E-state index in [0.717, 1.165) is 59.4 Å². The summed E-state index contributed by atoms with van der Waals surface area (Å²) in [5, 5.41) is 5.03. The molecule has 0 bridgehead atoms. The van der Waals surface area contributed by atoms with Gasteiger partial charge in [-0.2, -0.15) is 5.10 Å². The number of nitrogens with zero attached hydrogens (tertiary/aromatic N) is 3. The van der Waals surface area contributed by atoms with Crippen LogP contribution in [0.1, 0.15) is 47.8 Å². The van der Waals surface area contributed by atoms with Crippen molar-refractivity contribution in [1.82, 2.24) is 14.7 Å². The molecule has 1 fully saturated rings. The molecule has 1 heterocycles. The van der Waals surface area contributed by atoms with Crippen LogP contribution in [0.2, 0.25) is 0 Å². The first kappa shape index (κ1) is 21.2. The number of carbonyl (C=O) groups is 1. The van der Waals surface area contributed by atoms with Crippen molar-refractivity contribution in [3.8, 4) is 16.9 Å². The van der Waals surface area contributed by atoms with Gasteiger partial charge in [0, 0.05) is 18.2 Å². The largest absolute Gasteiger partial charge is 0.331 e. The van der Waals surface area contributed by atoms with Crippen LogP contribution in [0.3, 0.4) is 0 Å². The third kappa shape index (κ3) is 4.47. The fourth-order valence-electron chi connectivity index (χ4n) is 4.40. The van der Waals surface area contributed by atoms with Gasteiger partial charge in [-0.1, -0.05) is 92.2 Å². The van der Waals surface area contributed by atoms with E-state index in [1.807, 2.05) is 71.4 Å². The summed E-state index contributed by atoms with van der Waals surface area (Å²) in [4.78, 5) is 16.3. The van der Waals surface area contributed by atoms with Crippen LogP contribution in [0.4, 0.5) is 0 Å². The molecule has 0 saturated heterocycles. The number of aromatic nitrogens is 2. The van der Waals surface area contributed by atoms with Crippen molar-refractivity contribution in [2.45, 2.75) is 45.2 Å². The van der Waals surface area contributed by atoms with Crippen LogP contribution >= 0.6 is 0 Å². The number of hydrogen-bond donors (Lipinski definition) is 0. The molecule has 1 aliphatic carbocycles. The molecule has 1 aliphatic rings. The van der Waals surface area contributed by atoms with Gasteiger partial charge in [0.25, 0.3) is 5.91 Å². The number of amides is 1. The lowest BCUT2D eigenvalue weighted by atomic mass is 10.0. The lowest BCUT2D eigenvalue weighted by Crippen LogP contribution is -2.33. The van der Waals surface area contributed by atoms with Crippen LogP contribution < -0.4 is 0 Å². The Morgan fingerprint density at radius 1 is 0.909 bits per heavy atom. The molecule has 33 heavy (non-hydrogen) atoms. The summed E-state index contributed by atoms with van der Waals surface area (Å²) in [6.07, 6.45) is 3.86. The Labute approximate surface area is 195 Å². The molecular formula is C29H29N3O. The van der Waals surface area contributed by atoms with Crippen molar-refractivity contribution >= 4 is 5.91 Å². The van der Waals surface area contributed by atoms with E-state index in [9.17, 15) is 4.79 Å². The van der Waals surface area contributed by atoms with Gasteiger partial charge in [0.05, 0.1) is 16.9 Å². The minimum Gasteiger partial charge on any atom is -0.331 e. The summed E-state index contributed by atoms with van der Waals surface area (Å²) in [6.45, 7) is 2.78. The van der Waals surface area contributed by atoms with Crippen LogP contribution in [0.25, 0.3) is 16.9 Å². The number of carbonyl (C=O) groups excluding carboxylic acids is 1. The van der Waals surface area contributed by atoms with E-state index in [4.69, 9.17) is 5.10 Å². The molecule has 1 amide bonds. The third-order valence-electron chi connectivity index (χ3n) is 6.17. The lowest BCUT2D eigenvalue weighted by Gasteiger charge is -2.23. The Hall–Kier alpha value is -3.66. The Morgan fingerprint density at radius 2 is 1.52 bits per heavy atom. The highest BCUT2D eigenvalue weighted by Crippen LogP contribution is 2.35. The zero-order chi connectivity index (χ0) is 22.6. The Balaban J connectivity index is 1.65. The summed E-state index contributed by atoms with van der Waals surface area (Å²) < 4.78 is 1.98. The number of hydrogen-bond acceptors (Lipinski definition) is 2. The third-order valence-corrected chi connectivity index (χ3v) is 6.17. The predicted octanol–water partition coefficient (Wildman–Crippen LogP) is 6.30. The molecule has 5 rings (SSSR count). The van der Waals surface area contributed by atoms with Crippen LogP contribution in [0, 0.1) is 0 Å². The molecule has 0 aliphatic heterocycles. The van der Waals surface area contributed by atoms with E-state index >= 15 is 0 Å². The predicted molar refractivity (Wildman–Crippen MR) is 132 cm³/mol. The zero-order valence-corrected chi connectivity index (χ0v) is 19.0. The topological polar surface area (TPSA) is 38.1 Å². The van der Waals surface area contributed by atoms with Gasteiger partial charge in [0.15, 0.2) is 0 Å². The molecule has 4 aromatic rings. The minimum absolute atomic E-state index is 0.0887.